The van der Waals surface area contributed by atoms with E-state index in [4.69, 9.17) is 0 Å². The summed E-state index contributed by atoms with van der Waals surface area (Å²) in [6.07, 6.45) is 0. The highest BCUT2D eigenvalue weighted by atomic mass is 32.2. The molecule has 2 rings (SSSR count). The van der Waals surface area contributed by atoms with Gasteiger partial charge in [0.2, 0.25) is 15.8 Å². The molecule has 124 valence electrons. The first kappa shape index (κ1) is 16.9. The van der Waals surface area contributed by atoms with E-state index >= 15 is 0 Å². The molecule has 0 atom stereocenters. The molecule has 0 unspecified atom stereocenters. The second-order valence-corrected chi connectivity index (χ2v) is 6.79. The van der Waals surface area contributed by atoms with Crippen LogP contribution in [0.15, 0.2) is 27.8 Å². The number of hydrogen-bond acceptors (Lipinski definition) is 5. The fraction of sp³-hybridized carbons (Fsp3) is 0.308. The van der Waals surface area contributed by atoms with Crippen LogP contribution >= 0.6 is 0 Å². The summed E-state index contributed by atoms with van der Waals surface area (Å²) in [6, 6.07) is 4.05. The first-order valence-electron chi connectivity index (χ1n) is 6.50. The summed E-state index contributed by atoms with van der Waals surface area (Å²) < 4.78 is 41.3. The van der Waals surface area contributed by atoms with Crippen molar-refractivity contribution < 1.29 is 12.8 Å². The SMILES string of the molecule is Cc1ccc(CS(=O)(=O)Nc2nn(C)c(=O)n(C)c2=O)cc1F. The first-order valence-corrected chi connectivity index (χ1v) is 8.16. The van der Waals surface area contributed by atoms with Crippen molar-refractivity contribution in [1.29, 1.82) is 0 Å². The number of rotatable bonds is 4. The topological polar surface area (TPSA) is 103 Å². The molecule has 0 amide bonds. The predicted molar refractivity (Wildman–Crippen MR) is 82.1 cm³/mol. The quantitative estimate of drug-likeness (QED) is 0.834. The minimum Gasteiger partial charge on any atom is -0.265 e. The molecule has 0 fully saturated rings. The summed E-state index contributed by atoms with van der Waals surface area (Å²) >= 11 is 0. The van der Waals surface area contributed by atoms with Crippen LogP contribution in [0.5, 0.6) is 0 Å². The molecular weight excluding hydrogens is 327 g/mol. The van der Waals surface area contributed by atoms with Gasteiger partial charge in [-0.2, -0.15) is 0 Å². The lowest BCUT2D eigenvalue weighted by atomic mass is 10.2. The van der Waals surface area contributed by atoms with Crippen molar-refractivity contribution in [3.05, 3.63) is 56.0 Å². The Kier molecular flexibility index (Phi) is 4.37. The van der Waals surface area contributed by atoms with Crippen LogP contribution in [-0.4, -0.2) is 22.8 Å². The van der Waals surface area contributed by atoms with Crippen molar-refractivity contribution in [2.24, 2.45) is 14.1 Å². The number of hydrogen-bond donors (Lipinski definition) is 1. The van der Waals surface area contributed by atoms with Crippen LogP contribution < -0.4 is 16.0 Å². The predicted octanol–water partition coefficient (Wildman–Crippen LogP) is -0.132. The van der Waals surface area contributed by atoms with E-state index in [0.29, 0.717) is 5.56 Å². The van der Waals surface area contributed by atoms with Gasteiger partial charge in [-0.15, -0.1) is 5.10 Å². The number of sulfonamides is 1. The van der Waals surface area contributed by atoms with Crippen LogP contribution in [0.4, 0.5) is 10.2 Å². The standard InChI is InChI=1S/C13H15FN4O4S/c1-8-4-5-9(6-10(8)14)7-23(21,22)16-11-12(19)17(2)13(20)18(3)15-11/h4-6H,7H2,1-3H3,(H,15,16). The second-order valence-electron chi connectivity index (χ2n) is 5.06. The Balaban J connectivity index is 2.34. The lowest BCUT2D eigenvalue weighted by Crippen LogP contribution is -2.40. The molecule has 0 radical (unpaired) electrons. The van der Waals surface area contributed by atoms with Crippen LogP contribution in [0.2, 0.25) is 0 Å². The zero-order valence-electron chi connectivity index (χ0n) is 12.7. The summed E-state index contributed by atoms with van der Waals surface area (Å²) in [6.45, 7) is 1.56. The normalized spacial score (nSPS) is 11.5. The molecule has 0 bridgehead atoms. The van der Waals surface area contributed by atoms with Crippen molar-refractivity contribution in [2.45, 2.75) is 12.7 Å². The van der Waals surface area contributed by atoms with Gasteiger partial charge in [0, 0.05) is 14.1 Å². The molecule has 1 aromatic carbocycles. The molecule has 8 nitrogen and oxygen atoms in total. The highest BCUT2D eigenvalue weighted by Gasteiger charge is 2.17. The molecule has 0 saturated carbocycles. The highest BCUT2D eigenvalue weighted by Crippen LogP contribution is 2.12. The van der Waals surface area contributed by atoms with Crippen LogP contribution in [-0.2, 0) is 29.9 Å². The van der Waals surface area contributed by atoms with E-state index in [0.717, 1.165) is 15.3 Å². The average molecular weight is 342 g/mol. The molecule has 1 aromatic heterocycles. The molecule has 0 spiro atoms. The number of anilines is 1. The van der Waals surface area contributed by atoms with Gasteiger partial charge >= 0.3 is 5.69 Å². The van der Waals surface area contributed by atoms with Gasteiger partial charge in [0.15, 0.2) is 0 Å². The summed E-state index contributed by atoms with van der Waals surface area (Å²) in [5.74, 6) is -1.55. The van der Waals surface area contributed by atoms with Gasteiger partial charge in [0.25, 0.3) is 5.56 Å². The third kappa shape index (κ3) is 3.65. The smallest absolute Gasteiger partial charge is 0.265 e. The van der Waals surface area contributed by atoms with E-state index in [9.17, 15) is 22.4 Å². The van der Waals surface area contributed by atoms with Crippen LogP contribution in [0, 0.1) is 12.7 Å². The minimum absolute atomic E-state index is 0.224. The average Bonchev–Trinajstić information content (AvgIpc) is 2.46. The third-order valence-corrected chi connectivity index (χ3v) is 4.38. The number of aryl methyl sites for hydroxylation is 2. The van der Waals surface area contributed by atoms with E-state index in [2.05, 4.69) is 5.10 Å². The van der Waals surface area contributed by atoms with Crippen molar-refractivity contribution in [1.82, 2.24) is 14.3 Å². The maximum Gasteiger partial charge on any atom is 0.346 e. The molecule has 23 heavy (non-hydrogen) atoms. The number of aromatic nitrogens is 3. The van der Waals surface area contributed by atoms with E-state index in [1.807, 2.05) is 4.72 Å². The Hall–Kier alpha value is -2.49. The maximum atomic E-state index is 13.5. The zero-order chi connectivity index (χ0) is 17.4. The minimum atomic E-state index is -3.99. The Morgan fingerprint density at radius 2 is 1.91 bits per heavy atom. The highest BCUT2D eigenvalue weighted by molar-refractivity contribution is 7.91. The summed E-state index contributed by atoms with van der Waals surface area (Å²) in [7, 11) is -1.50. The maximum absolute atomic E-state index is 13.5. The Morgan fingerprint density at radius 3 is 2.52 bits per heavy atom. The van der Waals surface area contributed by atoms with E-state index in [1.54, 1.807) is 6.92 Å². The van der Waals surface area contributed by atoms with E-state index < -0.39 is 38.7 Å². The summed E-state index contributed by atoms with van der Waals surface area (Å²) in [4.78, 5) is 23.4. The second kappa shape index (κ2) is 5.95. The van der Waals surface area contributed by atoms with Crippen LogP contribution in [0.3, 0.4) is 0 Å². The van der Waals surface area contributed by atoms with Gasteiger partial charge in [0.1, 0.15) is 5.82 Å². The summed E-state index contributed by atoms with van der Waals surface area (Å²) in [5, 5.41) is 3.60. The number of nitrogens with one attached hydrogen (secondary N) is 1. The Bertz CT molecular complexity index is 978. The first-order chi connectivity index (χ1) is 10.6. The Labute approximate surface area is 131 Å². The Morgan fingerprint density at radius 1 is 1.26 bits per heavy atom. The van der Waals surface area contributed by atoms with Gasteiger partial charge < -0.3 is 0 Å². The van der Waals surface area contributed by atoms with Crippen molar-refractivity contribution >= 4 is 15.8 Å². The molecule has 0 aliphatic carbocycles. The van der Waals surface area contributed by atoms with E-state index in [-0.39, 0.29) is 5.56 Å². The van der Waals surface area contributed by atoms with Gasteiger partial charge in [-0.1, -0.05) is 12.1 Å². The van der Waals surface area contributed by atoms with Gasteiger partial charge in [0.05, 0.1) is 5.75 Å². The number of nitrogens with zero attached hydrogens (tertiary/aromatic N) is 3. The number of halogens is 1. The fourth-order valence-electron chi connectivity index (χ4n) is 1.89. The van der Waals surface area contributed by atoms with Crippen molar-refractivity contribution in [3.63, 3.8) is 0 Å². The van der Waals surface area contributed by atoms with Crippen molar-refractivity contribution in [3.8, 4) is 0 Å². The van der Waals surface area contributed by atoms with Crippen LogP contribution in [0.25, 0.3) is 0 Å². The van der Waals surface area contributed by atoms with E-state index in [1.165, 1.54) is 26.2 Å². The molecule has 2 aromatic rings. The lowest BCUT2D eigenvalue weighted by molar-refractivity contribution is 0.592. The summed E-state index contributed by atoms with van der Waals surface area (Å²) in [5.41, 5.74) is -0.930. The van der Waals surface area contributed by atoms with Gasteiger partial charge in [-0.25, -0.2) is 22.3 Å². The van der Waals surface area contributed by atoms with Gasteiger partial charge in [-0.05, 0) is 24.1 Å². The van der Waals surface area contributed by atoms with Gasteiger partial charge in [-0.3, -0.25) is 14.1 Å². The lowest BCUT2D eigenvalue weighted by Gasteiger charge is -2.09. The number of benzene rings is 1. The van der Waals surface area contributed by atoms with Crippen molar-refractivity contribution in [2.75, 3.05) is 4.72 Å². The molecule has 10 heteroatoms. The van der Waals surface area contributed by atoms with Crippen LogP contribution in [0.1, 0.15) is 11.1 Å². The third-order valence-electron chi connectivity index (χ3n) is 3.17. The molecule has 0 aliphatic rings. The zero-order valence-corrected chi connectivity index (χ0v) is 13.5. The fourth-order valence-corrected chi connectivity index (χ4v) is 3.00. The monoisotopic (exact) mass is 342 g/mol. The molecular formula is C13H15FN4O4S. The molecule has 0 aliphatic heterocycles. The largest absolute Gasteiger partial charge is 0.346 e. The molecule has 1 heterocycles. The molecule has 0 saturated heterocycles. The molecule has 1 N–H and O–H groups in total.